The lowest BCUT2D eigenvalue weighted by Gasteiger charge is -2.11. The standard InChI is InChI=1S/C18H17BrN4/c1-12-5-3-4-6-15(12)21-17-9-10-20-18(23-17)22-16-8-7-14(19)11-13(16)2/h3-11H,1-2H3,(H2,20,21,22,23). The minimum atomic E-state index is 0.564. The Labute approximate surface area is 144 Å². The van der Waals surface area contributed by atoms with Gasteiger partial charge >= 0.3 is 0 Å². The smallest absolute Gasteiger partial charge is 0.229 e. The molecule has 0 radical (unpaired) electrons. The molecule has 0 atom stereocenters. The maximum atomic E-state index is 4.52. The van der Waals surface area contributed by atoms with Gasteiger partial charge in [0.25, 0.3) is 0 Å². The second kappa shape index (κ2) is 6.79. The Morgan fingerprint density at radius 1 is 0.870 bits per heavy atom. The van der Waals surface area contributed by atoms with Crippen LogP contribution in [-0.4, -0.2) is 9.97 Å². The molecular formula is C18H17BrN4. The van der Waals surface area contributed by atoms with E-state index in [1.54, 1.807) is 6.20 Å². The van der Waals surface area contributed by atoms with E-state index in [9.17, 15) is 0 Å². The maximum Gasteiger partial charge on any atom is 0.229 e. The van der Waals surface area contributed by atoms with E-state index >= 15 is 0 Å². The lowest BCUT2D eigenvalue weighted by Crippen LogP contribution is -2.02. The number of aryl methyl sites for hydroxylation is 2. The highest BCUT2D eigenvalue weighted by molar-refractivity contribution is 9.10. The second-order valence-corrected chi connectivity index (χ2v) is 6.21. The molecule has 0 fully saturated rings. The zero-order chi connectivity index (χ0) is 16.2. The Bertz CT molecular complexity index is 833. The van der Waals surface area contributed by atoms with Crippen LogP contribution >= 0.6 is 15.9 Å². The van der Waals surface area contributed by atoms with Crippen molar-refractivity contribution in [2.24, 2.45) is 0 Å². The molecule has 1 heterocycles. The third kappa shape index (κ3) is 3.87. The molecule has 0 saturated heterocycles. The molecule has 0 aliphatic heterocycles. The lowest BCUT2D eigenvalue weighted by molar-refractivity contribution is 1.16. The third-order valence-electron chi connectivity index (χ3n) is 3.50. The molecule has 3 rings (SSSR count). The van der Waals surface area contributed by atoms with E-state index in [0.29, 0.717) is 5.95 Å². The summed E-state index contributed by atoms with van der Waals surface area (Å²) in [6, 6.07) is 16.0. The van der Waals surface area contributed by atoms with Crippen molar-refractivity contribution in [3.05, 3.63) is 70.3 Å². The van der Waals surface area contributed by atoms with Crippen LogP contribution in [0.1, 0.15) is 11.1 Å². The summed E-state index contributed by atoms with van der Waals surface area (Å²) in [5, 5.41) is 6.58. The first kappa shape index (κ1) is 15.5. The zero-order valence-electron chi connectivity index (χ0n) is 13.0. The van der Waals surface area contributed by atoms with Crippen molar-refractivity contribution in [1.82, 2.24) is 9.97 Å². The number of halogens is 1. The Morgan fingerprint density at radius 2 is 1.65 bits per heavy atom. The Hall–Kier alpha value is -2.40. The van der Waals surface area contributed by atoms with Gasteiger partial charge in [-0.25, -0.2) is 4.98 Å². The number of hydrogen-bond donors (Lipinski definition) is 2. The predicted molar refractivity (Wildman–Crippen MR) is 98.7 cm³/mol. The van der Waals surface area contributed by atoms with Crippen molar-refractivity contribution in [1.29, 1.82) is 0 Å². The van der Waals surface area contributed by atoms with Crippen molar-refractivity contribution in [2.45, 2.75) is 13.8 Å². The molecule has 0 spiro atoms. The number of rotatable bonds is 4. The molecule has 0 bridgehead atoms. The first-order valence-electron chi connectivity index (χ1n) is 7.31. The SMILES string of the molecule is Cc1ccccc1Nc1ccnc(Nc2ccc(Br)cc2C)n1. The highest BCUT2D eigenvalue weighted by Crippen LogP contribution is 2.23. The van der Waals surface area contributed by atoms with Crippen LogP contribution in [0.4, 0.5) is 23.1 Å². The van der Waals surface area contributed by atoms with Crippen molar-refractivity contribution >= 4 is 39.1 Å². The molecule has 23 heavy (non-hydrogen) atoms. The first-order valence-corrected chi connectivity index (χ1v) is 8.10. The molecule has 3 aromatic rings. The molecule has 1 aromatic heterocycles. The zero-order valence-corrected chi connectivity index (χ0v) is 14.6. The van der Waals surface area contributed by atoms with Crippen molar-refractivity contribution in [2.75, 3.05) is 10.6 Å². The minimum Gasteiger partial charge on any atom is -0.340 e. The van der Waals surface area contributed by atoms with E-state index in [1.807, 2.05) is 43.3 Å². The number of benzene rings is 2. The summed E-state index contributed by atoms with van der Waals surface area (Å²) in [5.41, 5.74) is 4.32. The van der Waals surface area contributed by atoms with Crippen LogP contribution in [0.2, 0.25) is 0 Å². The molecular weight excluding hydrogens is 352 g/mol. The molecule has 0 unspecified atom stereocenters. The normalized spacial score (nSPS) is 10.4. The van der Waals surface area contributed by atoms with E-state index in [4.69, 9.17) is 0 Å². The van der Waals surface area contributed by atoms with Crippen molar-refractivity contribution in [3.8, 4) is 0 Å². The molecule has 5 heteroatoms. The molecule has 0 amide bonds. The summed E-state index contributed by atoms with van der Waals surface area (Å²) >= 11 is 3.47. The van der Waals surface area contributed by atoms with Gasteiger partial charge in [0.1, 0.15) is 5.82 Å². The molecule has 4 nitrogen and oxygen atoms in total. The molecule has 2 aromatic carbocycles. The summed E-state index contributed by atoms with van der Waals surface area (Å²) in [5.74, 6) is 1.32. The van der Waals surface area contributed by atoms with Gasteiger partial charge in [0, 0.05) is 22.0 Å². The summed E-state index contributed by atoms with van der Waals surface area (Å²) in [6.07, 6.45) is 1.74. The van der Waals surface area contributed by atoms with Gasteiger partial charge in [-0.1, -0.05) is 34.1 Å². The van der Waals surface area contributed by atoms with Gasteiger partial charge in [-0.2, -0.15) is 4.98 Å². The van der Waals surface area contributed by atoms with E-state index in [2.05, 4.69) is 55.6 Å². The van der Waals surface area contributed by atoms with Gasteiger partial charge in [0.05, 0.1) is 0 Å². The third-order valence-corrected chi connectivity index (χ3v) is 3.99. The average molecular weight is 369 g/mol. The van der Waals surface area contributed by atoms with E-state index in [0.717, 1.165) is 27.2 Å². The number of para-hydroxylation sites is 1. The van der Waals surface area contributed by atoms with E-state index in [-0.39, 0.29) is 0 Å². The predicted octanol–water partition coefficient (Wildman–Crippen LogP) is 5.34. The summed E-state index contributed by atoms with van der Waals surface area (Å²) in [7, 11) is 0. The van der Waals surface area contributed by atoms with Crippen molar-refractivity contribution in [3.63, 3.8) is 0 Å². The van der Waals surface area contributed by atoms with E-state index in [1.165, 1.54) is 5.56 Å². The number of anilines is 4. The van der Waals surface area contributed by atoms with Gasteiger partial charge in [0.2, 0.25) is 5.95 Å². The van der Waals surface area contributed by atoms with Crippen LogP contribution in [0, 0.1) is 13.8 Å². The van der Waals surface area contributed by atoms with Gasteiger partial charge in [-0.05, 0) is 55.3 Å². The largest absolute Gasteiger partial charge is 0.340 e. The second-order valence-electron chi connectivity index (χ2n) is 5.29. The summed E-state index contributed by atoms with van der Waals surface area (Å²) in [4.78, 5) is 8.81. The van der Waals surface area contributed by atoms with Crippen LogP contribution in [0.15, 0.2) is 59.2 Å². The van der Waals surface area contributed by atoms with Gasteiger partial charge in [-0.3, -0.25) is 0 Å². The van der Waals surface area contributed by atoms with Crippen LogP contribution < -0.4 is 10.6 Å². The van der Waals surface area contributed by atoms with Crippen LogP contribution in [-0.2, 0) is 0 Å². The van der Waals surface area contributed by atoms with Gasteiger partial charge < -0.3 is 10.6 Å². The van der Waals surface area contributed by atoms with Gasteiger partial charge in [-0.15, -0.1) is 0 Å². The highest BCUT2D eigenvalue weighted by atomic mass is 79.9. The number of nitrogens with zero attached hydrogens (tertiary/aromatic N) is 2. The Balaban J connectivity index is 1.81. The Morgan fingerprint density at radius 3 is 2.43 bits per heavy atom. The lowest BCUT2D eigenvalue weighted by atomic mass is 10.2. The van der Waals surface area contributed by atoms with Gasteiger partial charge in [0.15, 0.2) is 0 Å². The van der Waals surface area contributed by atoms with Crippen LogP contribution in [0.5, 0.6) is 0 Å². The first-order chi connectivity index (χ1) is 11.1. The molecule has 0 aliphatic rings. The summed E-state index contributed by atoms with van der Waals surface area (Å²) < 4.78 is 1.05. The monoisotopic (exact) mass is 368 g/mol. The quantitative estimate of drug-likeness (QED) is 0.652. The van der Waals surface area contributed by atoms with Crippen molar-refractivity contribution < 1.29 is 0 Å². The average Bonchev–Trinajstić information content (AvgIpc) is 2.53. The number of nitrogens with one attached hydrogen (secondary N) is 2. The number of aromatic nitrogens is 2. The molecule has 0 aliphatic carbocycles. The molecule has 116 valence electrons. The molecule has 0 saturated carbocycles. The molecule has 2 N–H and O–H groups in total. The fourth-order valence-electron chi connectivity index (χ4n) is 2.23. The maximum absolute atomic E-state index is 4.52. The summed E-state index contributed by atoms with van der Waals surface area (Å²) in [6.45, 7) is 4.11. The fraction of sp³-hybridized carbons (Fsp3) is 0.111. The topological polar surface area (TPSA) is 49.8 Å². The Kier molecular flexibility index (Phi) is 4.57. The van der Waals surface area contributed by atoms with Crippen LogP contribution in [0.3, 0.4) is 0 Å². The minimum absolute atomic E-state index is 0.564. The van der Waals surface area contributed by atoms with E-state index < -0.39 is 0 Å². The fourth-order valence-corrected chi connectivity index (χ4v) is 2.70. The van der Waals surface area contributed by atoms with Crippen LogP contribution in [0.25, 0.3) is 0 Å². The number of hydrogen-bond acceptors (Lipinski definition) is 4. The highest BCUT2D eigenvalue weighted by Gasteiger charge is 2.04.